The third-order valence-corrected chi connectivity index (χ3v) is 5.89. The fraction of sp³-hybridized carbons (Fsp3) is 0.650. The highest BCUT2D eigenvalue weighted by Crippen LogP contribution is 2.16. The summed E-state index contributed by atoms with van der Waals surface area (Å²) in [6.45, 7) is 10.8. The number of fused-ring (bicyclic) bond motifs is 1. The topological polar surface area (TPSA) is 27.5 Å². The van der Waals surface area contributed by atoms with Crippen LogP contribution in [-0.2, 0) is 13.6 Å². The molecule has 0 atom stereocenters. The highest BCUT2D eigenvalue weighted by Gasteiger charge is 2.20. The van der Waals surface area contributed by atoms with E-state index in [1.165, 1.54) is 69.9 Å². The number of hydrogen-bond donors (Lipinski definition) is 0. The smallest absolute Gasteiger partial charge is 0.123 e. The van der Waals surface area contributed by atoms with Gasteiger partial charge < -0.3 is 9.47 Å². The fourth-order valence-corrected chi connectivity index (χ4v) is 4.17. The lowest BCUT2D eigenvalue weighted by molar-refractivity contribution is 0.108. The summed E-state index contributed by atoms with van der Waals surface area (Å²) in [4.78, 5) is 12.7. The highest BCUT2D eigenvalue weighted by molar-refractivity contribution is 5.75. The van der Waals surface area contributed by atoms with Crippen molar-refractivity contribution >= 4 is 11.0 Å². The monoisotopic (exact) mass is 341 g/mol. The number of piperidine rings is 1. The van der Waals surface area contributed by atoms with Gasteiger partial charge >= 0.3 is 0 Å². The standard InChI is InChI=1S/C20H31N5/c1-22-19-8-4-3-7-18(19)21-20(22)17-25-15-13-24(14-16-25)12-11-23-9-5-2-6-10-23/h3-4,7-8H,2,5-6,9-17H2,1H3. The first-order chi connectivity index (χ1) is 12.3. The van der Waals surface area contributed by atoms with Crippen molar-refractivity contribution in [2.75, 3.05) is 52.4 Å². The highest BCUT2D eigenvalue weighted by atomic mass is 15.3. The first kappa shape index (κ1) is 17.0. The van der Waals surface area contributed by atoms with Crippen LogP contribution in [0.25, 0.3) is 11.0 Å². The van der Waals surface area contributed by atoms with Gasteiger partial charge in [0.05, 0.1) is 17.6 Å². The van der Waals surface area contributed by atoms with E-state index >= 15 is 0 Å². The Kier molecular flexibility index (Phi) is 5.34. The third-order valence-electron chi connectivity index (χ3n) is 5.89. The number of imidazole rings is 1. The van der Waals surface area contributed by atoms with Gasteiger partial charge in [-0.15, -0.1) is 0 Å². The Morgan fingerprint density at radius 3 is 2.16 bits per heavy atom. The van der Waals surface area contributed by atoms with Gasteiger partial charge in [0.15, 0.2) is 0 Å². The van der Waals surface area contributed by atoms with Crippen LogP contribution in [0, 0.1) is 0 Å². The van der Waals surface area contributed by atoms with E-state index in [0.717, 1.165) is 25.2 Å². The van der Waals surface area contributed by atoms with Crippen LogP contribution in [0.1, 0.15) is 25.1 Å². The number of benzene rings is 1. The Morgan fingerprint density at radius 1 is 0.800 bits per heavy atom. The number of para-hydroxylation sites is 2. The van der Waals surface area contributed by atoms with Gasteiger partial charge in [0.1, 0.15) is 5.82 Å². The quantitative estimate of drug-likeness (QED) is 0.833. The second-order valence-corrected chi connectivity index (χ2v) is 7.60. The van der Waals surface area contributed by atoms with E-state index in [4.69, 9.17) is 4.98 Å². The predicted molar refractivity (Wildman–Crippen MR) is 103 cm³/mol. The molecule has 4 rings (SSSR count). The molecule has 0 aliphatic carbocycles. The van der Waals surface area contributed by atoms with Crippen LogP contribution in [-0.4, -0.2) is 76.6 Å². The Hall–Kier alpha value is -1.43. The molecule has 0 spiro atoms. The Labute approximate surface area is 151 Å². The Balaban J connectivity index is 1.26. The maximum absolute atomic E-state index is 4.82. The van der Waals surface area contributed by atoms with Gasteiger partial charge in [0.25, 0.3) is 0 Å². The van der Waals surface area contributed by atoms with Crippen molar-refractivity contribution in [2.24, 2.45) is 7.05 Å². The third kappa shape index (κ3) is 4.05. The van der Waals surface area contributed by atoms with Crippen molar-refractivity contribution in [3.8, 4) is 0 Å². The molecule has 2 saturated heterocycles. The van der Waals surface area contributed by atoms with Gasteiger partial charge in [-0.25, -0.2) is 4.98 Å². The zero-order chi connectivity index (χ0) is 17.1. The minimum absolute atomic E-state index is 0.963. The Morgan fingerprint density at radius 2 is 1.44 bits per heavy atom. The number of likely N-dealkylation sites (tertiary alicyclic amines) is 1. The molecule has 2 aliphatic rings. The maximum atomic E-state index is 4.82. The molecule has 1 aromatic heterocycles. The first-order valence-electron chi connectivity index (χ1n) is 9.87. The molecule has 0 amide bonds. The molecular formula is C20H31N5. The number of piperazine rings is 1. The molecule has 2 fully saturated rings. The summed E-state index contributed by atoms with van der Waals surface area (Å²) >= 11 is 0. The normalized spacial score (nSPS) is 21.2. The van der Waals surface area contributed by atoms with Crippen molar-refractivity contribution in [1.29, 1.82) is 0 Å². The number of hydrogen-bond acceptors (Lipinski definition) is 4. The number of rotatable bonds is 5. The Bertz CT molecular complexity index is 680. The van der Waals surface area contributed by atoms with Crippen LogP contribution in [0.4, 0.5) is 0 Å². The number of aryl methyl sites for hydroxylation is 1. The van der Waals surface area contributed by atoms with E-state index in [2.05, 4.69) is 50.6 Å². The molecule has 1 aromatic carbocycles. The van der Waals surface area contributed by atoms with Gasteiger partial charge in [0.2, 0.25) is 0 Å². The van der Waals surface area contributed by atoms with Crippen molar-refractivity contribution in [2.45, 2.75) is 25.8 Å². The number of aromatic nitrogens is 2. The molecule has 2 aromatic rings. The summed E-state index contributed by atoms with van der Waals surface area (Å²) < 4.78 is 2.25. The van der Waals surface area contributed by atoms with E-state index in [-0.39, 0.29) is 0 Å². The molecule has 0 saturated carbocycles. The molecule has 5 nitrogen and oxygen atoms in total. The van der Waals surface area contributed by atoms with Gasteiger partial charge in [0, 0.05) is 46.3 Å². The second kappa shape index (κ2) is 7.85. The van der Waals surface area contributed by atoms with Crippen LogP contribution >= 0.6 is 0 Å². The minimum Gasteiger partial charge on any atom is -0.330 e. The molecule has 0 unspecified atom stereocenters. The van der Waals surface area contributed by atoms with E-state index < -0.39 is 0 Å². The molecule has 25 heavy (non-hydrogen) atoms. The van der Waals surface area contributed by atoms with Crippen molar-refractivity contribution in [3.05, 3.63) is 30.1 Å². The van der Waals surface area contributed by atoms with Crippen molar-refractivity contribution in [1.82, 2.24) is 24.3 Å². The summed E-state index contributed by atoms with van der Waals surface area (Å²) in [7, 11) is 2.14. The minimum atomic E-state index is 0.963. The van der Waals surface area contributed by atoms with E-state index in [1.54, 1.807) is 0 Å². The van der Waals surface area contributed by atoms with Crippen LogP contribution in [0.15, 0.2) is 24.3 Å². The zero-order valence-corrected chi connectivity index (χ0v) is 15.5. The first-order valence-corrected chi connectivity index (χ1v) is 9.87. The second-order valence-electron chi connectivity index (χ2n) is 7.60. The molecule has 3 heterocycles. The average molecular weight is 342 g/mol. The van der Waals surface area contributed by atoms with E-state index in [1.807, 2.05) is 0 Å². The maximum Gasteiger partial charge on any atom is 0.123 e. The largest absolute Gasteiger partial charge is 0.330 e. The van der Waals surface area contributed by atoms with E-state index in [9.17, 15) is 0 Å². The SMILES string of the molecule is Cn1c(CN2CCN(CCN3CCCCC3)CC2)nc2ccccc21. The summed E-state index contributed by atoms with van der Waals surface area (Å²) in [6, 6.07) is 8.43. The molecule has 2 aliphatic heterocycles. The molecule has 136 valence electrons. The molecule has 0 N–H and O–H groups in total. The number of nitrogens with zero attached hydrogens (tertiary/aromatic N) is 5. The van der Waals surface area contributed by atoms with Gasteiger partial charge in [-0.05, 0) is 38.1 Å². The van der Waals surface area contributed by atoms with Crippen molar-refractivity contribution < 1.29 is 0 Å². The van der Waals surface area contributed by atoms with Gasteiger partial charge in [-0.3, -0.25) is 9.80 Å². The van der Waals surface area contributed by atoms with Gasteiger partial charge in [-0.2, -0.15) is 0 Å². The molecule has 0 radical (unpaired) electrons. The van der Waals surface area contributed by atoms with Crippen LogP contribution in [0.3, 0.4) is 0 Å². The molecule has 5 heteroatoms. The summed E-state index contributed by atoms with van der Waals surface area (Å²) in [5, 5.41) is 0. The lowest BCUT2D eigenvalue weighted by atomic mass is 10.1. The summed E-state index contributed by atoms with van der Waals surface area (Å²) in [5.74, 6) is 1.18. The summed E-state index contributed by atoms with van der Waals surface area (Å²) in [5.41, 5.74) is 2.35. The van der Waals surface area contributed by atoms with Gasteiger partial charge in [-0.1, -0.05) is 18.6 Å². The lowest BCUT2D eigenvalue weighted by Gasteiger charge is -2.36. The summed E-state index contributed by atoms with van der Waals surface area (Å²) in [6.07, 6.45) is 4.22. The fourth-order valence-electron chi connectivity index (χ4n) is 4.17. The predicted octanol–water partition coefficient (Wildman–Crippen LogP) is 2.18. The average Bonchev–Trinajstić information content (AvgIpc) is 2.98. The van der Waals surface area contributed by atoms with Crippen molar-refractivity contribution in [3.63, 3.8) is 0 Å². The molecule has 0 bridgehead atoms. The molecular weight excluding hydrogens is 310 g/mol. The lowest BCUT2D eigenvalue weighted by Crippen LogP contribution is -2.48. The van der Waals surface area contributed by atoms with Crippen LogP contribution in [0.2, 0.25) is 0 Å². The van der Waals surface area contributed by atoms with E-state index in [0.29, 0.717) is 0 Å². The zero-order valence-electron chi connectivity index (χ0n) is 15.5. The van der Waals surface area contributed by atoms with Crippen LogP contribution in [0.5, 0.6) is 0 Å². The van der Waals surface area contributed by atoms with Crippen LogP contribution < -0.4 is 0 Å².